The summed E-state index contributed by atoms with van der Waals surface area (Å²) in [6.45, 7) is -0.750. The zero-order chi connectivity index (χ0) is 5.41. The smallest absolute Gasteiger partial charge is 0.554 e. The number of rotatable bonds is 0. The van der Waals surface area contributed by atoms with Gasteiger partial charge in [-0.25, -0.2) is 0 Å². The van der Waals surface area contributed by atoms with Gasteiger partial charge >= 0.3 is 51.4 Å². The Morgan fingerprint density at radius 3 is 1.43 bits per heavy atom. The van der Waals surface area contributed by atoms with Gasteiger partial charge in [0.2, 0.25) is 0 Å². The second-order valence-corrected chi connectivity index (χ2v) is 0.202. The third-order valence-electron chi connectivity index (χ3n) is 0. The molecule has 0 aliphatic carbocycles. The maximum atomic E-state index is 8.36. The molecule has 0 atom stereocenters. The average Bonchev–Trinajstić information content (AvgIpc) is 1.39. The van der Waals surface area contributed by atoms with Crippen LogP contribution < -0.4 is 56.5 Å². The van der Waals surface area contributed by atoms with E-state index in [4.69, 9.17) is 19.8 Å². The molecule has 0 amide bonds. The van der Waals surface area contributed by atoms with Crippen molar-refractivity contribution in [1.29, 1.82) is 0 Å². The van der Waals surface area contributed by atoms with E-state index in [1.165, 1.54) is 0 Å². The van der Waals surface area contributed by atoms with Crippen molar-refractivity contribution in [1.82, 2.24) is 0 Å². The van der Waals surface area contributed by atoms with Crippen LogP contribution in [0.5, 0.6) is 0 Å². The molecule has 1 N–H and O–H groups in total. The van der Waals surface area contributed by atoms with Gasteiger partial charge in [0.25, 0.3) is 6.47 Å². The Kier molecular flexibility index (Phi) is 68.9. The maximum Gasteiger partial charge on any atom is 1.00 e. The molecule has 0 fully saturated rings. The van der Waals surface area contributed by atoms with Gasteiger partial charge in [-0.15, -0.1) is 0 Å². The third-order valence-corrected chi connectivity index (χ3v) is 0. The van der Waals surface area contributed by atoms with Crippen LogP contribution in [0, 0.1) is 0 Å². The summed E-state index contributed by atoms with van der Waals surface area (Å²) in [6, 6.07) is 0. The molecule has 36 valence electrons. The van der Waals surface area contributed by atoms with E-state index in [9.17, 15) is 0 Å². The van der Waals surface area contributed by atoms with E-state index in [0.29, 0.717) is 0 Å². The summed E-state index contributed by atoms with van der Waals surface area (Å²) in [5.41, 5.74) is 0. The quantitative estimate of drug-likeness (QED) is 0.263. The molecule has 5 heteroatoms. The Hall–Kier alpha value is 0.576. The van der Waals surface area contributed by atoms with E-state index in [-0.39, 0.29) is 57.9 Å². The number of carbonyl (C=O) groups is 2. The van der Waals surface area contributed by atoms with E-state index in [1.807, 2.05) is 0 Å². The van der Waals surface area contributed by atoms with Gasteiger partial charge in [0.05, 0.1) is 0 Å². The van der Waals surface area contributed by atoms with Crippen LogP contribution in [0.4, 0.5) is 0 Å². The summed E-state index contributed by atoms with van der Waals surface area (Å²) in [5, 5.41) is 15.1. The van der Waals surface area contributed by atoms with Gasteiger partial charge in [-0.3, -0.25) is 4.79 Å². The monoisotopic (exact) mass is 130 g/mol. The molecule has 7 heavy (non-hydrogen) atoms. The molecule has 4 nitrogen and oxygen atoms in total. The van der Waals surface area contributed by atoms with Crippen LogP contribution in [-0.4, -0.2) is 18.1 Å². The molecule has 0 aromatic heterocycles. The van der Waals surface area contributed by atoms with Crippen LogP contribution >= 0.6 is 0 Å². The molecule has 0 saturated carbocycles. The molecule has 0 spiro atoms. The van der Waals surface area contributed by atoms with Gasteiger partial charge in [0.15, 0.2) is 0 Å². The molecule has 0 aliphatic rings. The average molecular weight is 130 g/mol. The maximum absolute atomic E-state index is 8.36. The molecule has 0 saturated heterocycles. The number of hydrogen-bond donors (Lipinski definition) is 1. The van der Waals surface area contributed by atoms with Crippen molar-refractivity contribution in [3.05, 3.63) is 0 Å². The molecule has 0 rings (SSSR count). The van der Waals surface area contributed by atoms with E-state index in [1.54, 1.807) is 0 Å². The Balaban J connectivity index is -0.0000000400. The minimum atomic E-state index is -0.500. The Morgan fingerprint density at radius 2 is 1.43 bits per heavy atom. The largest absolute Gasteiger partial charge is 1.00 e. The van der Waals surface area contributed by atoms with Crippen molar-refractivity contribution in [2.75, 3.05) is 0 Å². The second kappa shape index (κ2) is 30.8. The van der Waals surface area contributed by atoms with Crippen LogP contribution in [0.2, 0.25) is 0 Å². The third kappa shape index (κ3) is 415. The molecule has 0 aliphatic heterocycles. The van der Waals surface area contributed by atoms with Crippen molar-refractivity contribution in [2.24, 2.45) is 0 Å². The van der Waals surface area contributed by atoms with Gasteiger partial charge < -0.3 is 15.0 Å². The number of hydrogen-bond acceptors (Lipinski definition) is 3. The van der Waals surface area contributed by atoms with Crippen molar-refractivity contribution in [3.8, 4) is 0 Å². The van der Waals surface area contributed by atoms with Gasteiger partial charge in [-0.05, 0) is 0 Å². The van der Waals surface area contributed by atoms with Crippen molar-refractivity contribution in [3.63, 3.8) is 0 Å². The first-order chi connectivity index (χ1) is 2.83. The first-order valence-corrected chi connectivity index (χ1v) is 0.965. The molecule has 0 aromatic rings. The Morgan fingerprint density at radius 1 is 1.43 bits per heavy atom. The summed E-state index contributed by atoms with van der Waals surface area (Å²) >= 11 is 0. The van der Waals surface area contributed by atoms with Crippen LogP contribution in [0.1, 0.15) is 0 Å². The second-order valence-electron chi connectivity index (χ2n) is 0.202. The molecule has 0 aromatic carbocycles. The van der Waals surface area contributed by atoms with Gasteiger partial charge in [0, 0.05) is 6.47 Å². The van der Waals surface area contributed by atoms with E-state index < -0.39 is 6.47 Å². The van der Waals surface area contributed by atoms with Crippen LogP contribution in [0.15, 0.2) is 0 Å². The van der Waals surface area contributed by atoms with Crippen molar-refractivity contribution >= 4 is 12.9 Å². The molecular weight excluding hydrogens is 127 g/mol. The molecular formula is C2H3KO4. The number of carbonyl (C=O) groups excluding carboxylic acids is 1. The first kappa shape index (κ1) is 15.6. The summed E-state index contributed by atoms with van der Waals surface area (Å²) in [5.74, 6) is 0. The molecule has 0 unspecified atom stereocenters. The van der Waals surface area contributed by atoms with Crippen molar-refractivity contribution < 1.29 is 71.2 Å². The van der Waals surface area contributed by atoms with Crippen molar-refractivity contribution in [2.45, 2.75) is 0 Å². The standard InChI is InChI=1S/2CH2O2.K/c2*2-1-3;/h2*1H,(H,2,3);/q;;+1/p-1. The first-order valence-electron chi connectivity index (χ1n) is 0.965. The zero-order valence-electron chi connectivity index (χ0n) is 3.83. The predicted molar refractivity (Wildman–Crippen MR) is 14.8 cm³/mol. The Labute approximate surface area is 82.9 Å². The fraction of sp³-hybridized carbons (Fsp3) is 0. The summed E-state index contributed by atoms with van der Waals surface area (Å²) in [7, 11) is 0. The summed E-state index contributed by atoms with van der Waals surface area (Å²) in [6.07, 6.45) is 0. The zero-order valence-corrected chi connectivity index (χ0v) is 6.95. The molecule has 0 bridgehead atoms. The van der Waals surface area contributed by atoms with E-state index in [0.717, 1.165) is 0 Å². The predicted octanol–water partition coefficient (Wildman–Crippen LogP) is -4.93. The fourth-order valence-corrected chi connectivity index (χ4v) is 0. The normalized spacial score (nSPS) is 3.43. The van der Waals surface area contributed by atoms with Gasteiger partial charge in [-0.2, -0.15) is 0 Å². The minimum Gasteiger partial charge on any atom is -0.554 e. The minimum absolute atomic E-state index is 0. The number of carboxylic acid groups (broad SMARTS) is 2. The van der Waals surface area contributed by atoms with Gasteiger partial charge in [-0.1, -0.05) is 0 Å². The summed E-state index contributed by atoms with van der Waals surface area (Å²) < 4.78 is 0. The fourth-order valence-electron chi connectivity index (χ4n) is 0. The topological polar surface area (TPSA) is 77.4 Å². The van der Waals surface area contributed by atoms with E-state index >= 15 is 0 Å². The summed E-state index contributed by atoms with van der Waals surface area (Å²) in [4.78, 5) is 16.6. The molecule has 0 heterocycles. The van der Waals surface area contributed by atoms with Crippen LogP contribution in [0.3, 0.4) is 0 Å². The Bertz CT molecular complexity index is 30.7. The SMILES string of the molecule is O=CO.O=C[O-].[K+]. The van der Waals surface area contributed by atoms with Gasteiger partial charge in [0.1, 0.15) is 0 Å². The van der Waals surface area contributed by atoms with Crippen LogP contribution in [0.25, 0.3) is 0 Å². The van der Waals surface area contributed by atoms with E-state index in [2.05, 4.69) is 0 Å². The molecule has 0 radical (unpaired) electrons. The van der Waals surface area contributed by atoms with Crippen LogP contribution in [-0.2, 0) is 9.59 Å².